The van der Waals surface area contributed by atoms with Crippen LogP contribution < -0.4 is 5.73 Å². The van der Waals surface area contributed by atoms with Gasteiger partial charge in [0.15, 0.2) is 0 Å². The molecule has 1 aliphatic rings. The maximum Gasteiger partial charge on any atom is 0.0931 e. The lowest BCUT2D eigenvalue weighted by atomic mass is 9.85. The zero-order valence-corrected chi connectivity index (χ0v) is 11.2. The van der Waals surface area contributed by atoms with Crippen molar-refractivity contribution in [2.24, 2.45) is 11.7 Å². The molecule has 2 rings (SSSR count). The van der Waals surface area contributed by atoms with Crippen LogP contribution in [0.3, 0.4) is 0 Å². The SMILES string of the molecule is NC(CCC1CCCCC1)c1ccc(Cl)s1. The minimum Gasteiger partial charge on any atom is -0.323 e. The van der Waals surface area contributed by atoms with E-state index in [1.54, 1.807) is 11.3 Å². The molecule has 1 aromatic heterocycles. The van der Waals surface area contributed by atoms with E-state index in [0.717, 1.165) is 16.7 Å². The van der Waals surface area contributed by atoms with Gasteiger partial charge in [0.25, 0.3) is 0 Å². The first-order chi connectivity index (χ1) is 7.75. The topological polar surface area (TPSA) is 26.0 Å². The zero-order chi connectivity index (χ0) is 11.4. The highest BCUT2D eigenvalue weighted by molar-refractivity contribution is 7.16. The quantitative estimate of drug-likeness (QED) is 0.827. The molecule has 0 saturated heterocycles. The first-order valence-corrected chi connectivity index (χ1v) is 7.46. The normalized spacial score (nSPS) is 19.9. The zero-order valence-electron chi connectivity index (χ0n) is 9.62. The summed E-state index contributed by atoms with van der Waals surface area (Å²) in [5, 5.41) is 0. The first-order valence-electron chi connectivity index (χ1n) is 6.26. The monoisotopic (exact) mass is 257 g/mol. The molecule has 0 bridgehead atoms. The van der Waals surface area contributed by atoms with E-state index in [4.69, 9.17) is 17.3 Å². The van der Waals surface area contributed by atoms with Crippen LogP contribution in [0.4, 0.5) is 0 Å². The number of hydrogen-bond acceptors (Lipinski definition) is 2. The third kappa shape index (κ3) is 3.47. The molecule has 0 aromatic carbocycles. The van der Waals surface area contributed by atoms with Crippen molar-refractivity contribution < 1.29 is 0 Å². The predicted octanol–water partition coefficient (Wildman–Crippen LogP) is 4.76. The minimum atomic E-state index is 0.194. The van der Waals surface area contributed by atoms with Crippen molar-refractivity contribution in [2.75, 3.05) is 0 Å². The molecular formula is C13H20ClNS. The number of halogens is 1. The highest BCUT2D eigenvalue weighted by Crippen LogP contribution is 2.32. The lowest BCUT2D eigenvalue weighted by Crippen LogP contribution is -2.13. The highest BCUT2D eigenvalue weighted by Gasteiger charge is 2.16. The predicted molar refractivity (Wildman–Crippen MR) is 72.1 cm³/mol. The fraction of sp³-hybridized carbons (Fsp3) is 0.692. The molecule has 0 amide bonds. The maximum atomic E-state index is 6.18. The van der Waals surface area contributed by atoms with Crippen LogP contribution in [0.1, 0.15) is 55.9 Å². The summed E-state index contributed by atoms with van der Waals surface area (Å²) >= 11 is 7.54. The van der Waals surface area contributed by atoms with Crippen molar-refractivity contribution in [3.63, 3.8) is 0 Å². The van der Waals surface area contributed by atoms with Crippen molar-refractivity contribution in [1.29, 1.82) is 0 Å². The van der Waals surface area contributed by atoms with Crippen molar-refractivity contribution in [1.82, 2.24) is 0 Å². The molecule has 90 valence electrons. The van der Waals surface area contributed by atoms with Gasteiger partial charge in [-0.25, -0.2) is 0 Å². The number of nitrogens with two attached hydrogens (primary N) is 1. The Morgan fingerprint density at radius 1 is 1.31 bits per heavy atom. The molecular weight excluding hydrogens is 238 g/mol. The van der Waals surface area contributed by atoms with Gasteiger partial charge >= 0.3 is 0 Å². The molecule has 1 heterocycles. The van der Waals surface area contributed by atoms with E-state index in [2.05, 4.69) is 6.07 Å². The summed E-state index contributed by atoms with van der Waals surface area (Å²) < 4.78 is 0.850. The Labute approximate surface area is 107 Å². The fourth-order valence-corrected chi connectivity index (χ4v) is 3.66. The summed E-state index contributed by atoms with van der Waals surface area (Å²) in [5.41, 5.74) is 6.18. The Morgan fingerprint density at radius 2 is 2.06 bits per heavy atom. The molecule has 1 atom stereocenters. The summed E-state index contributed by atoms with van der Waals surface area (Å²) in [5.74, 6) is 0.926. The van der Waals surface area contributed by atoms with E-state index in [0.29, 0.717) is 0 Å². The maximum absolute atomic E-state index is 6.18. The lowest BCUT2D eigenvalue weighted by Gasteiger charge is -2.22. The van der Waals surface area contributed by atoms with Gasteiger partial charge in [0.1, 0.15) is 0 Å². The Morgan fingerprint density at radius 3 is 2.69 bits per heavy atom. The standard InChI is InChI=1S/C13H20ClNS/c14-13-9-8-12(16-13)11(15)7-6-10-4-2-1-3-5-10/h8-11H,1-7,15H2. The van der Waals surface area contributed by atoms with Crippen LogP contribution in [-0.2, 0) is 0 Å². The van der Waals surface area contributed by atoms with Gasteiger partial charge in [-0.2, -0.15) is 0 Å². The molecule has 1 saturated carbocycles. The average molecular weight is 258 g/mol. The van der Waals surface area contributed by atoms with Crippen molar-refractivity contribution in [3.8, 4) is 0 Å². The number of hydrogen-bond donors (Lipinski definition) is 1. The molecule has 1 fully saturated rings. The molecule has 1 aliphatic carbocycles. The largest absolute Gasteiger partial charge is 0.323 e. The van der Waals surface area contributed by atoms with Crippen LogP contribution in [0.2, 0.25) is 4.34 Å². The molecule has 1 nitrogen and oxygen atoms in total. The lowest BCUT2D eigenvalue weighted by molar-refractivity contribution is 0.324. The van der Waals surface area contributed by atoms with Crippen molar-refractivity contribution in [2.45, 2.75) is 51.0 Å². The molecule has 0 aliphatic heterocycles. The molecule has 3 heteroatoms. The second kappa shape index (κ2) is 6.04. The van der Waals surface area contributed by atoms with Gasteiger partial charge in [0.05, 0.1) is 4.34 Å². The summed E-state index contributed by atoms with van der Waals surface area (Å²) in [4.78, 5) is 1.24. The molecule has 16 heavy (non-hydrogen) atoms. The smallest absolute Gasteiger partial charge is 0.0931 e. The van der Waals surface area contributed by atoms with E-state index in [-0.39, 0.29) is 6.04 Å². The van der Waals surface area contributed by atoms with Crippen LogP contribution in [0.5, 0.6) is 0 Å². The van der Waals surface area contributed by atoms with Gasteiger partial charge in [0, 0.05) is 10.9 Å². The van der Waals surface area contributed by atoms with Crippen LogP contribution in [-0.4, -0.2) is 0 Å². The molecule has 0 spiro atoms. The van der Waals surface area contributed by atoms with Gasteiger partial charge in [-0.3, -0.25) is 0 Å². The Kier molecular flexibility index (Phi) is 4.68. The molecule has 0 radical (unpaired) electrons. The Hall–Kier alpha value is -0.0500. The highest BCUT2D eigenvalue weighted by atomic mass is 35.5. The molecule has 2 N–H and O–H groups in total. The van der Waals surface area contributed by atoms with E-state index in [9.17, 15) is 0 Å². The van der Waals surface area contributed by atoms with Crippen molar-refractivity contribution in [3.05, 3.63) is 21.3 Å². The Bertz CT molecular complexity index is 317. The summed E-state index contributed by atoms with van der Waals surface area (Å²) in [6.07, 6.45) is 9.51. The summed E-state index contributed by atoms with van der Waals surface area (Å²) in [6.45, 7) is 0. The first kappa shape index (κ1) is 12.4. The van der Waals surface area contributed by atoms with Gasteiger partial charge in [-0.15, -0.1) is 11.3 Å². The van der Waals surface area contributed by atoms with Crippen LogP contribution in [0.15, 0.2) is 12.1 Å². The summed E-state index contributed by atoms with van der Waals surface area (Å²) in [6, 6.07) is 4.21. The van der Waals surface area contributed by atoms with Crippen LogP contribution in [0.25, 0.3) is 0 Å². The van der Waals surface area contributed by atoms with E-state index in [1.165, 1.54) is 43.4 Å². The van der Waals surface area contributed by atoms with Gasteiger partial charge in [0.2, 0.25) is 0 Å². The van der Waals surface area contributed by atoms with E-state index in [1.807, 2.05) is 6.07 Å². The second-order valence-electron chi connectivity index (χ2n) is 4.83. The Balaban J connectivity index is 1.76. The van der Waals surface area contributed by atoms with Crippen molar-refractivity contribution >= 4 is 22.9 Å². The third-order valence-electron chi connectivity index (χ3n) is 3.57. The van der Waals surface area contributed by atoms with Crippen LogP contribution in [0, 0.1) is 5.92 Å². The summed E-state index contributed by atoms with van der Waals surface area (Å²) in [7, 11) is 0. The van der Waals surface area contributed by atoms with Gasteiger partial charge in [-0.05, 0) is 30.9 Å². The van der Waals surface area contributed by atoms with Crippen LogP contribution >= 0.6 is 22.9 Å². The average Bonchev–Trinajstić information content (AvgIpc) is 2.74. The number of thiophene rings is 1. The number of rotatable bonds is 4. The second-order valence-corrected chi connectivity index (χ2v) is 6.58. The van der Waals surface area contributed by atoms with E-state index >= 15 is 0 Å². The van der Waals surface area contributed by atoms with Gasteiger partial charge < -0.3 is 5.73 Å². The van der Waals surface area contributed by atoms with E-state index < -0.39 is 0 Å². The fourth-order valence-electron chi connectivity index (χ4n) is 2.56. The van der Waals surface area contributed by atoms with Gasteiger partial charge in [-0.1, -0.05) is 43.7 Å². The molecule has 1 unspecified atom stereocenters. The third-order valence-corrected chi connectivity index (χ3v) is 4.93. The minimum absolute atomic E-state index is 0.194. The molecule has 1 aromatic rings.